The first-order chi connectivity index (χ1) is 9.54. The molecule has 2 aliphatic rings. The van der Waals surface area contributed by atoms with E-state index in [2.05, 4.69) is 31.1 Å². The fourth-order valence-corrected chi connectivity index (χ4v) is 3.47. The van der Waals surface area contributed by atoms with Crippen molar-refractivity contribution in [2.24, 2.45) is 11.3 Å². The van der Waals surface area contributed by atoms with Crippen LogP contribution in [0.5, 0.6) is 0 Å². The van der Waals surface area contributed by atoms with E-state index in [1.807, 2.05) is 0 Å². The van der Waals surface area contributed by atoms with Crippen molar-refractivity contribution in [3.63, 3.8) is 0 Å². The maximum Gasteiger partial charge on any atom is 0.0615 e. The summed E-state index contributed by atoms with van der Waals surface area (Å²) in [6.45, 7) is 7.95. The molecular formula is C17H34N2O. The summed E-state index contributed by atoms with van der Waals surface area (Å²) in [7, 11) is 4.07. The summed E-state index contributed by atoms with van der Waals surface area (Å²) in [6, 6.07) is 1.34. The molecule has 2 aliphatic carbocycles. The molecule has 1 atom stereocenters. The minimum absolute atomic E-state index is 0.492. The van der Waals surface area contributed by atoms with Gasteiger partial charge in [0.25, 0.3) is 0 Å². The zero-order chi connectivity index (χ0) is 14.6. The van der Waals surface area contributed by atoms with Gasteiger partial charge in [-0.2, -0.15) is 0 Å². The molecule has 20 heavy (non-hydrogen) atoms. The molecular weight excluding hydrogens is 248 g/mol. The third kappa shape index (κ3) is 4.71. The van der Waals surface area contributed by atoms with Gasteiger partial charge in [-0.1, -0.05) is 19.8 Å². The third-order valence-electron chi connectivity index (χ3n) is 5.42. The first kappa shape index (κ1) is 16.3. The number of rotatable bonds is 8. The van der Waals surface area contributed by atoms with Gasteiger partial charge in [-0.15, -0.1) is 0 Å². The normalized spacial score (nSPS) is 32.5. The second-order valence-corrected chi connectivity index (χ2v) is 7.56. The van der Waals surface area contributed by atoms with E-state index in [-0.39, 0.29) is 0 Å². The summed E-state index contributed by atoms with van der Waals surface area (Å²) in [4.78, 5) is 2.51. The van der Waals surface area contributed by atoms with Crippen LogP contribution in [0.1, 0.15) is 52.4 Å². The quantitative estimate of drug-likeness (QED) is 0.741. The third-order valence-corrected chi connectivity index (χ3v) is 5.42. The Labute approximate surface area is 125 Å². The Bertz CT molecular complexity index is 283. The fourth-order valence-electron chi connectivity index (χ4n) is 3.47. The molecule has 3 heteroatoms. The van der Waals surface area contributed by atoms with E-state index < -0.39 is 0 Å². The van der Waals surface area contributed by atoms with Crippen LogP contribution < -0.4 is 5.32 Å². The van der Waals surface area contributed by atoms with Crippen molar-refractivity contribution in [2.45, 2.75) is 64.5 Å². The molecule has 0 heterocycles. The van der Waals surface area contributed by atoms with Crippen LogP contribution in [0, 0.1) is 11.3 Å². The summed E-state index contributed by atoms with van der Waals surface area (Å²) < 4.78 is 5.31. The van der Waals surface area contributed by atoms with Gasteiger partial charge in [0.05, 0.1) is 6.61 Å². The Morgan fingerprint density at radius 2 is 1.90 bits per heavy atom. The number of hydrogen-bond acceptors (Lipinski definition) is 3. The van der Waals surface area contributed by atoms with Crippen molar-refractivity contribution in [1.29, 1.82) is 0 Å². The van der Waals surface area contributed by atoms with Crippen molar-refractivity contribution in [1.82, 2.24) is 10.2 Å². The lowest BCUT2D eigenvalue weighted by atomic mass is 9.70. The van der Waals surface area contributed by atoms with Crippen molar-refractivity contribution >= 4 is 0 Å². The van der Waals surface area contributed by atoms with Crippen LogP contribution in [0.4, 0.5) is 0 Å². The molecule has 3 nitrogen and oxygen atoms in total. The summed E-state index contributed by atoms with van der Waals surface area (Å²) >= 11 is 0. The monoisotopic (exact) mass is 282 g/mol. The highest BCUT2D eigenvalue weighted by molar-refractivity contribution is 4.92. The van der Waals surface area contributed by atoms with Gasteiger partial charge in [0, 0.05) is 32.3 Å². The SMILES string of the molecule is COCC(C)N(C)CC1(CNC2CC2)CCC(C)CC1. The molecule has 0 amide bonds. The van der Waals surface area contributed by atoms with Crippen molar-refractivity contribution < 1.29 is 4.74 Å². The molecule has 1 N–H and O–H groups in total. The Balaban J connectivity index is 1.90. The van der Waals surface area contributed by atoms with Gasteiger partial charge in [0.2, 0.25) is 0 Å². The van der Waals surface area contributed by atoms with Gasteiger partial charge >= 0.3 is 0 Å². The highest BCUT2D eigenvalue weighted by atomic mass is 16.5. The van der Waals surface area contributed by atoms with E-state index >= 15 is 0 Å². The summed E-state index contributed by atoms with van der Waals surface area (Å²) in [5.74, 6) is 0.922. The molecule has 2 fully saturated rings. The number of methoxy groups -OCH3 is 1. The van der Waals surface area contributed by atoms with Gasteiger partial charge in [0.1, 0.15) is 0 Å². The van der Waals surface area contributed by atoms with Crippen molar-refractivity contribution in [2.75, 3.05) is 33.9 Å². The van der Waals surface area contributed by atoms with Gasteiger partial charge < -0.3 is 15.0 Å². The summed E-state index contributed by atoms with van der Waals surface area (Å²) in [5.41, 5.74) is 0.492. The maximum absolute atomic E-state index is 5.31. The Hall–Kier alpha value is -0.120. The standard InChI is InChI=1S/C17H34N2O/c1-14-7-9-17(10-8-14,12-18-16-5-6-16)13-19(3)15(2)11-20-4/h14-16,18H,5-13H2,1-4H3. The number of hydrogen-bond donors (Lipinski definition) is 1. The molecule has 0 aromatic heterocycles. The molecule has 0 aromatic carbocycles. The zero-order valence-corrected chi connectivity index (χ0v) is 14.0. The van der Waals surface area contributed by atoms with E-state index in [9.17, 15) is 0 Å². The van der Waals surface area contributed by atoms with Crippen LogP contribution in [0.25, 0.3) is 0 Å². The topological polar surface area (TPSA) is 24.5 Å². The lowest BCUT2D eigenvalue weighted by Gasteiger charge is -2.43. The summed E-state index contributed by atoms with van der Waals surface area (Å²) in [6.07, 6.45) is 8.36. The molecule has 0 bridgehead atoms. The molecule has 0 spiro atoms. The average Bonchev–Trinajstić information content (AvgIpc) is 3.24. The lowest BCUT2D eigenvalue weighted by molar-refractivity contribution is 0.0532. The second-order valence-electron chi connectivity index (χ2n) is 7.56. The van der Waals surface area contributed by atoms with E-state index in [1.54, 1.807) is 7.11 Å². The molecule has 0 saturated heterocycles. The molecule has 2 rings (SSSR count). The van der Waals surface area contributed by atoms with Gasteiger partial charge in [-0.05, 0) is 51.0 Å². The average molecular weight is 282 g/mol. The van der Waals surface area contributed by atoms with Gasteiger partial charge in [0.15, 0.2) is 0 Å². The molecule has 0 aliphatic heterocycles. The minimum Gasteiger partial charge on any atom is -0.383 e. The highest BCUT2D eigenvalue weighted by Gasteiger charge is 2.37. The van der Waals surface area contributed by atoms with E-state index in [0.717, 1.165) is 18.6 Å². The minimum atomic E-state index is 0.492. The van der Waals surface area contributed by atoms with Crippen LogP contribution in [0.2, 0.25) is 0 Å². The molecule has 0 radical (unpaired) electrons. The Morgan fingerprint density at radius 3 is 2.45 bits per heavy atom. The Kier molecular flexibility index (Phi) is 5.88. The number of nitrogens with one attached hydrogen (secondary N) is 1. The molecule has 2 saturated carbocycles. The van der Waals surface area contributed by atoms with Crippen molar-refractivity contribution in [3.8, 4) is 0 Å². The predicted molar refractivity (Wildman–Crippen MR) is 85.1 cm³/mol. The van der Waals surface area contributed by atoms with Crippen LogP contribution in [0.3, 0.4) is 0 Å². The zero-order valence-electron chi connectivity index (χ0n) is 14.0. The van der Waals surface area contributed by atoms with E-state index in [1.165, 1.54) is 51.6 Å². The van der Waals surface area contributed by atoms with Gasteiger partial charge in [-0.25, -0.2) is 0 Å². The fraction of sp³-hybridized carbons (Fsp3) is 1.00. The second kappa shape index (κ2) is 7.24. The van der Waals surface area contributed by atoms with Gasteiger partial charge in [-0.3, -0.25) is 0 Å². The predicted octanol–water partition coefficient (Wildman–Crippen LogP) is 2.90. The van der Waals surface area contributed by atoms with Crippen LogP contribution >= 0.6 is 0 Å². The van der Waals surface area contributed by atoms with Crippen LogP contribution in [0.15, 0.2) is 0 Å². The molecule has 1 unspecified atom stereocenters. The lowest BCUT2D eigenvalue weighted by Crippen LogP contribution is -2.48. The molecule has 0 aromatic rings. The van der Waals surface area contributed by atoms with Crippen molar-refractivity contribution in [3.05, 3.63) is 0 Å². The molecule has 118 valence electrons. The highest BCUT2D eigenvalue weighted by Crippen LogP contribution is 2.40. The first-order valence-electron chi connectivity index (χ1n) is 8.47. The number of likely N-dealkylation sites (N-methyl/N-ethyl adjacent to an activating group) is 1. The number of nitrogens with zero attached hydrogens (tertiary/aromatic N) is 1. The number of ether oxygens (including phenoxy) is 1. The van der Waals surface area contributed by atoms with Crippen LogP contribution in [-0.2, 0) is 4.74 Å². The smallest absolute Gasteiger partial charge is 0.0615 e. The Morgan fingerprint density at radius 1 is 1.25 bits per heavy atom. The maximum atomic E-state index is 5.31. The summed E-state index contributed by atoms with van der Waals surface area (Å²) in [5, 5.41) is 3.80. The van der Waals surface area contributed by atoms with Crippen LogP contribution in [-0.4, -0.2) is 50.8 Å². The van der Waals surface area contributed by atoms with E-state index in [4.69, 9.17) is 4.74 Å². The first-order valence-corrected chi connectivity index (χ1v) is 8.47. The van der Waals surface area contributed by atoms with E-state index in [0.29, 0.717) is 11.5 Å². The largest absolute Gasteiger partial charge is 0.383 e.